The standard InChI is InChI=1S/C16H14I2N2O4S/c17-10-5-9(14(22)11(18)7-10)6-12-15(23)20(16(24)25-12)8-13(21)19-3-1-2-4-19/h5-7,22H,1-4,8H2/b12-6+. The lowest BCUT2D eigenvalue weighted by molar-refractivity contribution is -0.135. The maximum Gasteiger partial charge on any atom is 0.294 e. The minimum Gasteiger partial charge on any atom is -0.506 e. The molecule has 0 aromatic heterocycles. The highest BCUT2D eigenvalue weighted by molar-refractivity contribution is 14.1. The molecule has 1 N–H and O–H groups in total. The predicted octanol–water partition coefficient (Wildman–Crippen LogP) is 3.26. The van der Waals surface area contributed by atoms with Gasteiger partial charge in [-0.1, -0.05) is 0 Å². The molecule has 0 spiro atoms. The van der Waals surface area contributed by atoms with E-state index in [-0.39, 0.29) is 23.1 Å². The average molecular weight is 584 g/mol. The number of rotatable bonds is 3. The average Bonchev–Trinajstić information content (AvgIpc) is 3.17. The Kier molecular flexibility index (Phi) is 5.93. The topological polar surface area (TPSA) is 77.9 Å². The molecule has 1 aromatic carbocycles. The Morgan fingerprint density at radius 2 is 1.92 bits per heavy atom. The molecule has 2 aliphatic rings. The summed E-state index contributed by atoms with van der Waals surface area (Å²) in [6.07, 6.45) is 3.42. The summed E-state index contributed by atoms with van der Waals surface area (Å²) in [6.45, 7) is 1.14. The van der Waals surface area contributed by atoms with Crippen molar-refractivity contribution in [2.24, 2.45) is 0 Å². The van der Waals surface area contributed by atoms with Gasteiger partial charge in [-0.15, -0.1) is 0 Å². The van der Waals surface area contributed by atoms with E-state index in [4.69, 9.17) is 0 Å². The first-order chi connectivity index (χ1) is 11.9. The van der Waals surface area contributed by atoms with E-state index in [9.17, 15) is 19.5 Å². The first-order valence-corrected chi connectivity index (χ1v) is 10.6. The minimum atomic E-state index is -0.490. The molecule has 0 saturated carbocycles. The summed E-state index contributed by atoms with van der Waals surface area (Å²) in [5.41, 5.74) is 0.479. The van der Waals surface area contributed by atoms with Crippen LogP contribution in [-0.4, -0.2) is 51.6 Å². The van der Waals surface area contributed by atoms with Gasteiger partial charge in [-0.25, -0.2) is 0 Å². The van der Waals surface area contributed by atoms with E-state index in [1.54, 1.807) is 11.0 Å². The molecule has 0 atom stereocenters. The van der Waals surface area contributed by atoms with E-state index in [1.807, 2.05) is 28.7 Å². The molecule has 2 fully saturated rings. The normalized spacial score (nSPS) is 19.4. The molecular formula is C16H14I2N2O4S. The van der Waals surface area contributed by atoms with Crippen LogP contribution in [0.1, 0.15) is 18.4 Å². The third-order valence-corrected chi connectivity index (χ3v) is 6.32. The van der Waals surface area contributed by atoms with Crippen LogP contribution in [0.15, 0.2) is 17.0 Å². The first-order valence-electron chi connectivity index (χ1n) is 7.58. The van der Waals surface area contributed by atoms with Crippen molar-refractivity contribution in [2.45, 2.75) is 12.8 Å². The molecule has 3 amide bonds. The lowest BCUT2D eigenvalue weighted by Gasteiger charge is -2.18. The number of carbonyl (C=O) groups is 3. The third kappa shape index (κ3) is 4.13. The predicted molar refractivity (Wildman–Crippen MR) is 112 cm³/mol. The second-order valence-corrected chi connectivity index (χ2v) is 9.08. The second-order valence-electron chi connectivity index (χ2n) is 5.68. The van der Waals surface area contributed by atoms with E-state index in [0.717, 1.165) is 33.1 Å². The number of hydrogen-bond acceptors (Lipinski definition) is 5. The maximum absolute atomic E-state index is 12.5. The number of hydrogen-bond donors (Lipinski definition) is 1. The van der Waals surface area contributed by atoms with Crippen molar-refractivity contribution in [2.75, 3.05) is 19.6 Å². The largest absolute Gasteiger partial charge is 0.506 e. The van der Waals surface area contributed by atoms with Crippen molar-refractivity contribution in [1.29, 1.82) is 0 Å². The van der Waals surface area contributed by atoms with Crippen LogP contribution in [-0.2, 0) is 9.59 Å². The van der Waals surface area contributed by atoms with Crippen LogP contribution in [0, 0.1) is 7.14 Å². The highest BCUT2D eigenvalue weighted by Crippen LogP contribution is 2.35. The molecule has 0 bridgehead atoms. The summed E-state index contributed by atoms with van der Waals surface area (Å²) in [4.78, 5) is 39.7. The zero-order valence-electron chi connectivity index (χ0n) is 13.0. The van der Waals surface area contributed by atoms with Crippen molar-refractivity contribution in [3.63, 3.8) is 0 Å². The molecule has 1 aromatic rings. The zero-order chi connectivity index (χ0) is 18.1. The van der Waals surface area contributed by atoms with Gasteiger partial charge in [0.2, 0.25) is 5.91 Å². The van der Waals surface area contributed by atoms with Gasteiger partial charge in [-0.05, 0) is 88.0 Å². The smallest absolute Gasteiger partial charge is 0.294 e. The molecule has 2 saturated heterocycles. The number of imide groups is 1. The monoisotopic (exact) mass is 584 g/mol. The van der Waals surface area contributed by atoms with Crippen molar-refractivity contribution in [3.8, 4) is 5.75 Å². The lowest BCUT2D eigenvalue weighted by atomic mass is 10.2. The van der Waals surface area contributed by atoms with Gasteiger partial charge >= 0.3 is 0 Å². The van der Waals surface area contributed by atoms with Crippen LogP contribution in [0.3, 0.4) is 0 Å². The summed E-state index contributed by atoms with van der Waals surface area (Å²) in [6, 6.07) is 3.55. The number of phenolic OH excluding ortho intramolecular Hbond substituents is 1. The maximum atomic E-state index is 12.5. The number of thioether (sulfide) groups is 1. The molecular weight excluding hydrogens is 570 g/mol. The number of likely N-dealkylation sites (tertiary alicyclic amines) is 1. The Labute approximate surface area is 176 Å². The Bertz CT molecular complexity index is 791. The van der Waals surface area contributed by atoms with Crippen LogP contribution < -0.4 is 0 Å². The van der Waals surface area contributed by atoms with E-state index < -0.39 is 11.1 Å². The first kappa shape index (κ1) is 19.0. The van der Waals surface area contributed by atoms with Crippen LogP contribution in [0.2, 0.25) is 0 Å². The molecule has 2 aliphatic heterocycles. The summed E-state index contributed by atoms with van der Waals surface area (Å²) >= 11 is 4.92. The van der Waals surface area contributed by atoms with Gasteiger partial charge in [0.15, 0.2) is 0 Å². The zero-order valence-corrected chi connectivity index (χ0v) is 18.1. The summed E-state index contributed by atoms with van der Waals surface area (Å²) < 4.78 is 1.58. The Morgan fingerprint density at radius 3 is 2.60 bits per heavy atom. The molecule has 25 heavy (non-hydrogen) atoms. The number of aromatic hydroxyl groups is 1. The van der Waals surface area contributed by atoms with Gasteiger partial charge in [0, 0.05) is 22.2 Å². The van der Waals surface area contributed by atoms with Crippen LogP contribution in [0.5, 0.6) is 5.75 Å². The Morgan fingerprint density at radius 1 is 1.24 bits per heavy atom. The molecule has 2 heterocycles. The van der Waals surface area contributed by atoms with Gasteiger partial charge in [-0.3, -0.25) is 19.3 Å². The number of amides is 3. The number of phenols is 1. The van der Waals surface area contributed by atoms with Gasteiger partial charge < -0.3 is 10.0 Å². The lowest BCUT2D eigenvalue weighted by Crippen LogP contribution is -2.40. The SMILES string of the molecule is O=C(CN1C(=O)S/C(=C/c2cc(I)cc(I)c2O)C1=O)N1CCCC1. The quantitative estimate of drug-likeness (QED) is 0.437. The summed E-state index contributed by atoms with van der Waals surface area (Å²) in [7, 11) is 0. The second kappa shape index (κ2) is 7.82. The van der Waals surface area contributed by atoms with Crippen molar-refractivity contribution >= 4 is 80.1 Å². The van der Waals surface area contributed by atoms with E-state index >= 15 is 0 Å². The fourth-order valence-electron chi connectivity index (χ4n) is 2.68. The highest BCUT2D eigenvalue weighted by Gasteiger charge is 2.37. The Hall–Kier alpha value is -0.820. The van der Waals surface area contributed by atoms with Crippen LogP contribution in [0.4, 0.5) is 4.79 Å². The summed E-state index contributed by atoms with van der Waals surface area (Å²) in [5, 5.41) is 9.70. The van der Waals surface area contributed by atoms with Gasteiger partial charge in [0.25, 0.3) is 11.1 Å². The van der Waals surface area contributed by atoms with Crippen molar-refractivity contribution in [1.82, 2.24) is 9.80 Å². The minimum absolute atomic E-state index is 0.0703. The van der Waals surface area contributed by atoms with Crippen molar-refractivity contribution in [3.05, 3.63) is 29.7 Å². The number of halogens is 2. The van der Waals surface area contributed by atoms with E-state index in [1.165, 1.54) is 6.08 Å². The van der Waals surface area contributed by atoms with Crippen LogP contribution >= 0.6 is 56.9 Å². The summed E-state index contributed by atoms with van der Waals surface area (Å²) in [5.74, 6) is -0.621. The number of carbonyl (C=O) groups excluding carboxylic acids is 3. The van der Waals surface area contributed by atoms with Crippen molar-refractivity contribution < 1.29 is 19.5 Å². The number of benzene rings is 1. The van der Waals surface area contributed by atoms with Gasteiger partial charge in [0.05, 0.1) is 8.48 Å². The number of nitrogens with zero attached hydrogens (tertiary/aromatic N) is 2. The molecule has 9 heteroatoms. The molecule has 0 aliphatic carbocycles. The van der Waals surface area contributed by atoms with E-state index in [0.29, 0.717) is 22.2 Å². The molecule has 6 nitrogen and oxygen atoms in total. The third-order valence-electron chi connectivity index (χ3n) is 3.97. The van der Waals surface area contributed by atoms with E-state index in [2.05, 4.69) is 22.6 Å². The van der Waals surface area contributed by atoms with Crippen LogP contribution in [0.25, 0.3) is 6.08 Å². The fraction of sp³-hybridized carbons (Fsp3) is 0.312. The fourth-order valence-corrected chi connectivity index (χ4v) is 5.39. The molecule has 0 radical (unpaired) electrons. The molecule has 3 rings (SSSR count). The molecule has 132 valence electrons. The Balaban J connectivity index is 1.80. The molecule has 0 unspecified atom stereocenters. The van der Waals surface area contributed by atoms with Gasteiger partial charge in [0.1, 0.15) is 12.3 Å². The van der Waals surface area contributed by atoms with Gasteiger partial charge in [-0.2, -0.15) is 0 Å². The highest BCUT2D eigenvalue weighted by atomic mass is 127.